The van der Waals surface area contributed by atoms with Gasteiger partial charge in [-0.2, -0.15) is 0 Å². The van der Waals surface area contributed by atoms with E-state index >= 15 is 0 Å². The van der Waals surface area contributed by atoms with Crippen LogP contribution in [0.5, 0.6) is 0 Å². The van der Waals surface area contributed by atoms with Gasteiger partial charge in [0.05, 0.1) is 11.7 Å². The first-order valence-electron chi connectivity index (χ1n) is 6.35. The fourth-order valence-electron chi connectivity index (χ4n) is 3.29. The number of hydrogen-bond donors (Lipinski definition) is 1. The fraction of sp³-hybridized carbons (Fsp3) is 0.917. The molecule has 3 nitrogen and oxygen atoms in total. The molecule has 0 aromatic carbocycles. The largest absolute Gasteiger partial charge is 0.326 e. The lowest BCUT2D eigenvalue weighted by atomic mass is 10.0. The summed E-state index contributed by atoms with van der Waals surface area (Å²) in [5.41, 5.74) is -0.108. The van der Waals surface area contributed by atoms with Gasteiger partial charge in [-0.05, 0) is 38.5 Å². The molecule has 1 aliphatic heterocycles. The molecule has 1 amide bonds. The van der Waals surface area contributed by atoms with Crippen molar-refractivity contribution in [3.8, 4) is 0 Å². The highest BCUT2D eigenvalue weighted by Gasteiger charge is 2.59. The Bertz CT molecular complexity index is 279. The third-order valence-electron chi connectivity index (χ3n) is 4.37. The van der Waals surface area contributed by atoms with E-state index in [9.17, 15) is 4.79 Å². The van der Waals surface area contributed by atoms with Crippen LogP contribution < -0.4 is 5.32 Å². The molecule has 84 valence electrons. The van der Waals surface area contributed by atoms with Gasteiger partial charge in [0, 0.05) is 6.54 Å². The molecule has 1 spiro atoms. The van der Waals surface area contributed by atoms with E-state index in [0.717, 1.165) is 19.4 Å². The number of hydrogen-bond acceptors (Lipinski definition) is 2. The van der Waals surface area contributed by atoms with Crippen LogP contribution in [-0.4, -0.2) is 29.1 Å². The van der Waals surface area contributed by atoms with Crippen LogP contribution in [0.2, 0.25) is 0 Å². The summed E-state index contributed by atoms with van der Waals surface area (Å²) < 4.78 is 0. The van der Waals surface area contributed by atoms with Crippen molar-refractivity contribution in [1.29, 1.82) is 0 Å². The second kappa shape index (κ2) is 3.21. The number of nitrogens with one attached hydrogen (secondary N) is 1. The molecule has 1 heterocycles. The Labute approximate surface area is 91.2 Å². The zero-order valence-corrected chi connectivity index (χ0v) is 9.46. The zero-order chi connectivity index (χ0) is 10.5. The Morgan fingerprint density at radius 2 is 2.07 bits per heavy atom. The first-order valence-corrected chi connectivity index (χ1v) is 6.35. The highest BCUT2D eigenvalue weighted by atomic mass is 16.2. The van der Waals surface area contributed by atoms with Crippen LogP contribution in [0.15, 0.2) is 0 Å². The first-order chi connectivity index (χ1) is 7.27. The van der Waals surface area contributed by atoms with E-state index in [0.29, 0.717) is 18.0 Å². The third-order valence-corrected chi connectivity index (χ3v) is 4.37. The lowest BCUT2D eigenvalue weighted by Crippen LogP contribution is -2.42. The van der Waals surface area contributed by atoms with E-state index in [1.165, 1.54) is 25.7 Å². The normalized spacial score (nSPS) is 34.3. The number of amides is 1. The minimum Gasteiger partial charge on any atom is -0.326 e. The Kier molecular flexibility index (Phi) is 2.06. The molecule has 3 aliphatic rings. The summed E-state index contributed by atoms with van der Waals surface area (Å²) >= 11 is 0. The lowest BCUT2D eigenvalue weighted by molar-refractivity contribution is -0.131. The van der Waals surface area contributed by atoms with Gasteiger partial charge < -0.3 is 4.90 Å². The molecule has 0 bridgehead atoms. The van der Waals surface area contributed by atoms with E-state index in [2.05, 4.69) is 17.1 Å². The summed E-state index contributed by atoms with van der Waals surface area (Å²) in [6, 6.07) is 0. The molecule has 15 heavy (non-hydrogen) atoms. The molecule has 1 saturated heterocycles. The van der Waals surface area contributed by atoms with Crippen LogP contribution in [-0.2, 0) is 4.79 Å². The van der Waals surface area contributed by atoms with Gasteiger partial charge in [-0.3, -0.25) is 10.1 Å². The van der Waals surface area contributed by atoms with Crippen LogP contribution in [0.3, 0.4) is 0 Å². The molecule has 3 fully saturated rings. The summed E-state index contributed by atoms with van der Waals surface area (Å²) in [4.78, 5) is 14.2. The van der Waals surface area contributed by atoms with Crippen LogP contribution in [0.4, 0.5) is 0 Å². The average molecular weight is 208 g/mol. The maximum atomic E-state index is 12.2. The Morgan fingerprint density at radius 3 is 2.60 bits per heavy atom. The Balaban J connectivity index is 1.79. The van der Waals surface area contributed by atoms with Gasteiger partial charge in [0.25, 0.3) is 0 Å². The number of rotatable bonds is 2. The molecule has 2 saturated carbocycles. The van der Waals surface area contributed by atoms with Crippen LogP contribution in [0, 0.1) is 5.92 Å². The van der Waals surface area contributed by atoms with Crippen molar-refractivity contribution in [3.63, 3.8) is 0 Å². The summed E-state index contributed by atoms with van der Waals surface area (Å²) in [5, 5.41) is 3.61. The van der Waals surface area contributed by atoms with Crippen molar-refractivity contribution in [2.24, 2.45) is 5.92 Å². The molecule has 3 heteroatoms. The Morgan fingerprint density at radius 1 is 1.40 bits per heavy atom. The minimum absolute atomic E-state index is 0.108. The van der Waals surface area contributed by atoms with E-state index < -0.39 is 0 Å². The average Bonchev–Trinajstić information content (AvgIpc) is 2.74. The predicted molar refractivity (Wildman–Crippen MR) is 58.2 cm³/mol. The van der Waals surface area contributed by atoms with Crippen molar-refractivity contribution < 1.29 is 4.79 Å². The number of nitrogens with zero attached hydrogens (tertiary/aromatic N) is 1. The van der Waals surface area contributed by atoms with Crippen LogP contribution in [0.25, 0.3) is 0 Å². The molecular weight excluding hydrogens is 188 g/mol. The Hall–Kier alpha value is -0.570. The highest BCUT2D eigenvalue weighted by Crippen LogP contribution is 2.45. The maximum absolute atomic E-state index is 12.2. The van der Waals surface area contributed by atoms with Gasteiger partial charge in [0.2, 0.25) is 5.91 Å². The second-order valence-electron chi connectivity index (χ2n) is 5.31. The predicted octanol–water partition coefficient (Wildman–Crippen LogP) is 1.49. The van der Waals surface area contributed by atoms with Crippen molar-refractivity contribution in [2.45, 2.75) is 57.2 Å². The molecule has 1 N–H and O–H groups in total. The van der Waals surface area contributed by atoms with E-state index in [-0.39, 0.29) is 5.54 Å². The van der Waals surface area contributed by atoms with Crippen molar-refractivity contribution >= 4 is 5.91 Å². The molecule has 0 aromatic heterocycles. The van der Waals surface area contributed by atoms with Gasteiger partial charge >= 0.3 is 0 Å². The van der Waals surface area contributed by atoms with Crippen LogP contribution >= 0.6 is 0 Å². The van der Waals surface area contributed by atoms with E-state index in [1.54, 1.807) is 0 Å². The molecular formula is C12H20N2O. The second-order valence-corrected chi connectivity index (χ2v) is 5.31. The van der Waals surface area contributed by atoms with Crippen LogP contribution in [0.1, 0.15) is 45.4 Å². The lowest BCUT2D eigenvalue weighted by Gasteiger charge is -2.27. The number of carbonyl (C=O) groups is 1. The maximum Gasteiger partial charge on any atom is 0.244 e. The third kappa shape index (κ3) is 1.32. The number of likely N-dealkylation sites (N-methyl/N-ethyl adjacent to an activating group) is 1. The molecule has 0 aromatic rings. The van der Waals surface area contributed by atoms with Crippen molar-refractivity contribution in [3.05, 3.63) is 0 Å². The fourth-order valence-corrected chi connectivity index (χ4v) is 3.29. The summed E-state index contributed by atoms with van der Waals surface area (Å²) in [6.45, 7) is 2.97. The zero-order valence-electron chi connectivity index (χ0n) is 9.46. The molecule has 2 aliphatic carbocycles. The quantitative estimate of drug-likeness (QED) is 0.745. The van der Waals surface area contributed by atoms with Gasteiger partial charge in [-0.25, -0.2) is 0 Å². The smallest absolute Gasteiger partial charge is 0.244 e. The molecule has 0 radical (unpaired) electrons. The molecule has 3 rings (SSSR count). The summed E-state index contributed by atoms with van der Waals surface area (Å²) in [7, 11) is 0. The van der Waals surface area contributed by atoms with Gasteiger partial charge in [0.1, 0.15) is 0 Å². The van der Waals surface area contributed by atoms with E-state index in [1.807, 2.05) is 0 Å². The number of carbonyl (C=O) groups excluding carboxylic acids is 1. The summed E-state index contributed by atoms with van der Waals surface area (Å²) in [6.07, 6.45) is 7.78. The van der Waals surface area contributed by atoms with Gasteiger partial charge in [-0.15, -0.1) is 0 Å². The molecule has 1 unspecified atom stereocenters. The first kappa shape index (κ1) is 9.64. The van der Waals surface area contributed by atoms with Crippen molar-refractivity contribution in [2.75, 3.05) is 6.54 Å². The van der Waals surface area contributed by atoms with E-state index in [4.69, 9.17) is 0 Å². The van der Waals surface area contributed by atoms with Crippen molar-refractivity contribution in [1.82, 2.24) is 10.2 Å². The van der Waals surface area contributed by atoms with Gasteiger partial charge in [0.15, 0.2) is 0 Å². The highest BCUT2D eigenvalue weighted by molar-refractivity contribution is 5.91. The SMILES string of the molecule is CCN1C(=O)C2(CC2)NC1C1CCCC1. The monoisotopic (exact) mass is 208 g/mol. The topological polar surface area (TPSA) is 32.3 Å². The molecule has 1 atom stereocenters. The summed E-state index contributed by atoms with van der Waals surface area (Å²) in [5.74, 6) is 1.09. The minimum atomic E-state index is -0.108. The standard InChI is InChI=1S/C12H20N2O/c1-2-14-10(9-5-3-4-6-9)13-12(7-8-12)11(14)15/h9-10,13H,2-8H2,1H3. The van der Waals surface area contributed by atoms with Gasteiger partial charge in [-0.1, -0.05) is 12.8 Å².